The fourth-order valence-electron chi connectivity index (χ4n) is 2.52. The molecule has 3 rings (SSSR count). The second-order valence-electron chi connectivity index (χ2n) is 6.00. The van der Waals surface area contributed by atoms with Crippen LogP contribution in [0.15, 0.2) is 54.7 Å². The number of aromatic nitrogens is 2. The number of alkyl halides is 3. The van der Waals surface area contributed by atoms with Crippen LogP contribution in [0.4, 0.5) is 24.7 Å². The zero-order chi connectivity index (χ0) is 21.7. The molecule has 1 N–H and O–H groups in total. The van der Waals surface area contributed by atoms with Gasteiger partial charge in [0.15, 0.2) is 0 Å². The van der Waals surface area contributed by atoms with Gasteiger partial charge >= 0.3 is 12.1 Å². The Morgan fingerprint density at radius 3 is 2.57 bits per heavy atom. The van der Waals surface area contributed by atoms with Crippen LogP contribution >= 0.6 is 11.6 Å². The van der Waals surface area contributed by atoms with E-state index < -0.39 is 23.5 Å². The maximum Gasteiger partial charge on any atom is 0.421 e. The van der Waals surface area contributed by atoms with Crippen molar-refractivity contribution in [1.82, 2.24) is 9.97 Å². The van der Waals surface area contributed by atoms with Gasteiger partial charge in [0.1, 0.15) is 23.7 Å². The molecule has 0 bridgehead atoms. The van der Waals surface area contributed by atoms with Gasteiger partial charge in [-0.05, 0) is 35.4 Å². The summed E-state index contributed by atoms with van der Waals surface area (Å²) in [6.07, 6.45) is -4.11. The highest BCUT2D eigenvalue weighted by Gasteiger charge is 2.35. The molecule has 0 atom stereocenters. The predicted octanol–water partition coefficient (Wildman–Crippen LogP) is 5.26. The fraction of sp³-hybridized carbons (Fsp3) is 0.150. The summed E-state index contributed by atoms with van der Waals surface area (Å²) in [5.74, 6) is -1.03. The van der Waals surface area contributed by atoms with E-state index in [1.54, 1.807) is 0 Å². The van der Waals surface area contributed by atoms with Gasteiger partial charge in [0.2, 0.25) is 5.28 Å². The van der Waals surface area contributed by atoms with E-state index in [2.05, 4.69) is 15.3 Å². The number of nitrogens with zero attached hydrogens (tertiary/aromatic N) is 2. The predicted molar refractivity (Wildman–Crippen MR) is 104 cm³/mol. The van der Waals surface area contributed by atoms with E-state index in [4.69, 9.17) is 21.1 Å². The Labute approximate surface area is 174 Å². The van der Waals surface area contributed by atoms with Gasteiger partial charge in [0.25, 0.3) is 0 Å². The van der Waals surface area contributed by atoms with Crippen LogP contribution in [0.1, 0.15) is 21.5 Å². The van der Waals surface area contributed by atoms with E-state index in [1.807, 2.05) is 30.3 Å². The minimum atomic E-state index is -4.69. The van der Waals surface area contributed by atoms with Gasteiger partial charge in [-0.2, -0.15) is 18.2 Å². The number of hydrogen-bond donors (Lipinski definition) is 1. The lowest BCUT2D eigenvalue weighted by Gasteiger charge is -2.16. The molecule has 30 heavy (non-hydrogen) atoms. The maximum atomic E-state index is 13.2. The van der Waals surface area contributed by atoms with Gasteiger partial charge in [0.05, 0.1) is 18.4 Å². The molecule has 10 heteroatoms. The zero-order valence-corrected chi connectivity index (χ0v) is 16.3. The molecule has 0 aliphatic rings. The first kappa shape index (κ1) is 21.4. The first-order chi connectivity index (χ1) is 14.3. The quantitative estimate of drug-likeness (QED) is 0.419. The van der Waals surface area contributed by atoms with Gasteiger partial charge in [0, 0.05) is 6.20 Å². The van der Waals surface area contributed by atoms with E-state index in [9.17, 15) is 18.0 Å². The Morgan fingerprint density at radius 2 is 1.90 bits per heavy atom. The molecular weight excluding hydrogens is 423 g/mol. The van der Waals surface area contributed by atoms with Gasteiger partial charge in [-0.25, -0.2) is 9.78 Å². The number of nitrogens with one attached hydrogen (secondary N) is 1. The van der Waals surface area contributed by atoms with E-state index in [1.165, 1.54) is 25.3 Å². The van der Waals surface area contributed by atoms with Gasteiger partial charge in [-0.1, -0.05) is 30.3 Å². The summed E-state index contributed by atoms with van der Waals surface area (Å²) in [5, 5.41) is 2.17. The van der Waals surface area contributed by atoms with Crippen molar-refractivity contribution in [2.24, 2.45) is 0 Å². The summed E-state index contributed by atoms with van der Waals surface area (Å²) in [6.45, 7) is 0.0797. The average Bonchev–Trinajstić information content (AvgIpc) is 2.72. The molecule has 0 aliphatic heterocycles. The number of benzene rings is 2. The number of ether oxygens (including phenoxy) is 2. The molecule has 0 saturated carbocycles. The molecule has 1 aromatic heterocycles. The number of anilines is 2. The standard InChI is InChI=1S/C20H15ClF3N3O3/c1-29-16-9-13(18(28)30-11-12-5-3-2-4-6-12)7-8-15(16)26-17-14(20(22,23)24)10-25-19(21)27-17/h2-10H,11H2,1H3,(H,25,26,27). The van der Waals surface area contributed by atoms with E-state index in [0.29, 0.717) is 6.20 Å². The second kappa shape index (κ2) is 9.00. The minimum Gasteiger partial charge on any atom is -0.495 e. The molecule has 3 aromatic rings. The SMILES string of the molecule is COc1cc(C(=O)OCc2ccccc2)ccc1Nc1nc(Cl)ncc1C(F)(F)F. The van der Waals surface area contributed by atoms with Crippen molar-refractivity contribution in [2.75, 3.05) is 12.4 Å². The van der Waals surface area contributed by atoms with Crippen molar-refractivity contribution in [3.05, 3.63) is 76.7 Å². The Bertz CT molecular complexity index is 1050. The molecule has 0 spiro atoms. The van der Waals surface area contributed by atoms with E-state index >= 15 is 0 Å². The van der Waals surface area contributed by atoms with E-state index in [-0.39, 0.29) is 28.9 Å². The molecule has 0 saturated heterocycles. The third-order valence-corrected chi connectivity index (χ3v) is 4.15. The molecule has 0 aliphatic carbocycles. The molecule has 0 fully saturated rings. The lowest BCUT2D eigenvalue weighted by molar-refractivity contribution is -0.137. The van der Waals surface area contributed by atoms with Crippen molar-refractivity contribution in [1.29, 1.82) is 0 Å². The number of esters is 1. The Balaban J connectivity index is 1.81. The maximum absolute atomic E-state index is 13.2. The third kappa shape index (κ3) is 5.18. The lowest BCUT2D eigenvalue weighted by Crippen LogP contribution is -2.12. The van der Waals surface area contributed by atoms with Gasteiger partial charge in [-0.15, -0.1) is 0 Å². The van der Waals surface area contributed by atoms with Gasteiger partial charge in [-0.3, -0.25) is 0 Å². The number of carbonyl (C=O) groups excluding carboxylic acids is 1. The second-order valence-corrected chi connectivity index (χ2v) is 6.34. The third-order valence-electron chi connectivity index (χ3n) is 3.97. The Kier molecular flexibility index (Phi) is 6.41. The average molecular weight is 438 g/mol. The van der Waals surface area contributed by atoms with Crippen LogP contribution in [0.3, 0.4) is 0 Å². The molecule has 6 nitrogen and oxygen atoms in total. The van der Waals surface area contributed by atoms with Crippen LogP contribution in [-0.4, -0.2) is 23.0 Å². The van der Waals surface area contributed by atoms with Crippen LogP contribution in [0, 0.1) is 0 Å². The molecule has 0 radical (unpaired) electrons. The molecular formula is C20H15ClF3N3O3. The molecule has 0 unspecified atom stereocenters. The van der Waals surface area contributed by atoms with Crippen LogP contribution in [-0.2, 0) is 17.5 Å². The number of carbonyl (C=O) groups is 1. The van der Waals surface area contributed by atoms with Crippen LogP contribution in [0.5, 0.6) is 5.75 Å². The first-order valence-electron chi connectivity index (χ1n) is 8.54. The monoisotopic (exact) mass is 437 g/mol. The minimum absolute atomic E-state index is 0.0797. The van der Waals surface area contributed by atoms with Gasteiger partial charge < -0.3 is 14.8 Å². The number of halogens is 4. The summed E-state index contributed by atoms with van der Waals surface area (Å²) in [4.78, 5) is 19.3. The van der Waals surface area contributed by atoms with Crippen LogP contribution in [0.2, 0.25) is 5.28 Å². The van der Waals surface area contributed by atoms with E-state index in [0.717, 1.165) is 5.56 Å². The summed E-state index contributed by atoms with van der Waals surface area (Å²) in [6, 6.07) is 13.2. The van der Waals surface area contributed by atoms with Crippen molar-refractivity contribution in [3.63, 3.8) is 0 Å². The smallest absolute Gasteiger partial charge is 0.421 e. The summed E-state index contributed by atoms with van der Waals surface area (Å²) in [7, 11) is 1.32. The molecule has 156 valence electrons. The number of methoxy groups -OCH3 is 1. The van der Waals surface area contributed by atoms with Crippen LogP contribution in [0.25, 0.3) is 0 Å². The normalized spacial score (nSPS) is 11.1. The van der Waals surface area contributed by atoms with Crippen LogP contribution < -0.4 is 10.1 Å². The lowest BCUT2D eigenvalue weighted by atomic mass is 10.1. The highest BCUT2D eigenvalue weighted by molar-refractivity contribution is 6.28. The van der Waals surface area contributed by atoms with Crippen molar-refractivity contribution in [3.8, 4) is 5.75 Å². The topological polar surface area (TPSA) is 73.3 Å². The van der Waals surface area contributed by atoms with Crippen molar-refractivity contribution >= 4 is 29.1 Å². The number of hydrogen-bond acceptors (Lipinski definition) is 6. The molecule has 1 heterocycles. The summed E-state index contributed by atoms with van der Waals surface area (Å²) >= 11 is 5.64. The highest BCUT2D eigenvalue weighted by atomic mass is 35.5. The summed E-state index contributed by atoms with van der Waals surface area (Å²) in [5.41, 5.74) is 0.0409. The molecule has 2 aromatic carbocycles. The Hall–Kier alpha value is -3.33. The van der Waals surface area contributed by atoms with Crippen molar-refractivity contribution < 1.29 is 27.4 Å². The fourth-order valence-corrected chi connectivity index (χ4v) is 2.65. The zero-order valence-electron chi connectivity index (χ0n) is 15.5. The largest absolute Gasteiger partial charge is 0.495 e. The summed E-state index contributed by atoms with van der Waals surface area (Å²) < 4.78 is 50.1. The Morgan fingerprint density at radius 1 is 1.17 bits per heavy atom. The molecule has 0 amide bonds. The van der Waals surface area contributed by atoms with Crippen molar-refractivity contribution in [2.45, 2.75) is 12.8 Å². The highest BCUT2D eigenvalue weighted by Crippen LogP contribution is 2.37. The first-order valence-corrected chi connectivity index (χ1v) is 8.91. The number of rotatable bonds is 6.